The van der Waals surface area contributed by atoms with Gasteiger partial charge in [0.15, 0.2) is 0 Å². The molecule has 1 aliphatic rings. The fraction of sp³-hybridized carbons (Fsp3) is 0.269. The van der Waals surface area contributed by atoms with E-state index in [2.05, 4.69) is 15.6 Å². The first-order valence-electron chi connectivity index (χ1n) is 11.3. The maximum atomic E-state index is 14.0. The first-order chi connectivity index (χ1) is 16.5. The fourth-order valence-corrected chi connectivity index (χ4v) is 3.92. The molecule has 2 heterocycles. The van der Waals surface area contributed by atoms with Crippen LogP contribution in [0.15, 0.2) is 66.9 Å². The largest absolute Gasteiger partial charge is 0.494 e. The molecule has 2 amide bonds. The van der Waals surface area contributed by atoms with Crippen LogP contribution in [-0.4, -0.2) is 47.4 Å². The van der Waals surface area contributed by atoms with Gasteiger partial charge >= 0.3 is 0 Å². The maximum Gasteiger partial charge on any atom is 0.256 e. The third-order valence-electron chi connectivity index (χ3n) is 5.70. The standard InChI is InChI=1S/C26H27FN4O3/c1-2-34-20-11-9-18(10-12-20)29-24-22(7-5-15-28-24)25(32)30-19-13-16-31(17-14-19)26(33)21-6-3-4-8-23(21)27/h3-12,15,19H,2,13-14,16-17H2,1H3,(H,28,29)(H,30,32). The van der Waals surface area contributed by atoms with Crippen LogP contribution in [0, 0.1) is 5.82 Å². The SMILES string of the molecule is CCOc1ccc(Nc2ncccc2C(=O)NC2CCN(C(=O)c3ccccc3F)CC2)cc1. The average molecular weight is 463 g/mol. The summed E-state index contributed by atoms with van der Waals surface area (Å²) in [5.74, 6) is 0.146. The van der Waals surface area contributed by atoms with E-state index in [9.17, 15) is 14.0 Å². The maximum absolute atomic E-state index is 14.0. The Morgan fingerprint density at radius 2 is 1.74 bits per heavy atom. The van der Waals surface area contributed by atoms with Gasteiger partial charge in [-0.05, 0) is 68.3 Å². The number of nitrogens with one attached hydrogen (secondary N) is 2. The lowest BCUT2D eigenvalue weighted by atomic mass is 10.0. The summed E-state index contributed by atoms with van der Waals surface area (Å²) >= 11 is 0. The van der Waals surface area contributed by atoms with E-state index >= 15 is 0 Å². The highest BCUT2D eigenvalue weighted by atomic mass is 19.1. The van der Waals surface area contributed by atoms with Gasteiger partial charge in [0.25, 0.3) is 11.8 Å². The zero-order valence-electron chi connectivity index (χ0n) is 19.0. The number of amides is 2. The van der Waals surface area contributed by atoms with Gasteiger partial charge in [-0.15, -0.1) is 0 Å². The molecule has 4 rings (SSSR count). The zero-order valence-corrected chi connectivity index (χ0v) is 19.0. The molecule has 1 fully saturated rings. The van der Waals surface area contributed by atoms with Crippen molar-refractivity contribution in [2.75, 3.05) is 25.0 Å². The van der Waals surface area contributed by atoms with Crippen LogP contribution in [-0.2, 0) is 0 Å². The monoisotopic (exact) mass is 462 g/mol. The van der Waals surface area contributed by atoms with E-state index in [1.165, 1.54) is 12.1 Å². The molecule has 2 aromatic carbocycles. The molecule has 0 spiro atoms. The number of rotatable bonds is 7. The number of piperidine rings is 1. The summed E-state index contributed by atoms with van der Waals surface area (Å²) in [5, 5.41) is 6.24. The van der Waals surface area contributed by atoms with Crippen LogP contribution < -0.4 is 15.4 Å². The molecule has 34 heavy (non-hydrogen) atoms. The summed E-state index contributed by atoms with van der Waals surface area (Å²) in [6.45, 7) is 3.41. The Morgan fingerprint density at radius 3 is 2.44 bits per heavy atom. The number of carbonyl (C=O) groups is 2. The summed E-state index contributed by atoms with van der Waals surface area (Å²) in [6, 6.07) is 16.8. The number of benzene rings is 2. The number of hydrogen-bond acceptors (Lipinski definition) is 5. The van der Waals surface area contributed by atoms with Crippen molar-refractivity contribution in [3.63, 3.8) is 0 Å². The van der Waals surface area contributed by atoms with Crippen molar-refractivity contribution < 1.29 is 18.7 Å². The van der Waals surface area contributed by atoms with Crippen LogP contribution in [0.25, 0.3) is 0 Å². The normalized spacial score (nSPS) is 13.9. The smallest absolute Gasteiger partial charge is 0.256 e. The van der Waals surface area contributed by atoms with E-state index in [0.717, 1.165) is 11.4 Å². The van der Waals surface area contributed by atoms with Crippen molar-refractivity contribution in [1.82, 2.24) is 15.2 Å². The minimum atomic E-state index is -0.521. The first kappa shape index (κ1) is 23.2. The number of anilines is 2. The van der Waals surface area contributed by atoms with E-state index in [0.29, 0.717) is 43.9 Å². The highest BCUT2D eigenvalue weighted by Crippen LogP contribution is 2.22. The van der Waals surface area contributed by atoms with Crippen molar-refractivity contribution in [3.05, 3.63) is 83.8 Å². The Kier molecular flexibility index (Phi) is 7.37. The Morgan fingerprint density at radius 1 is 1.03 bits per heavy atom. The molecule has 0 radical (unpaired) electrons. The third kappa shape index (κ3) is 5.51. The van der Waals surface area contributed by atoms with Crippen molar-refractivity contribution in [2.45, 2.75) is 25.8 Å². The molecular formula is C26H27FN4O3. The summed E-state index contributed by atoms with van der Waals surface area (Å²) in [7, 11) is 0. The third-order valence-corrected chi connectivity index (χ3v) is 5.70. The molecule has 0 bridgehead atoms. The van der Waals surface area contributed by atoms with Gasteiger partial charge in [-0.1, -0.05) is 12.1 Å². The Balaban J connectivity index is 1.36. The first-order valence-corrected chi connectivity index (χ1v) is 11.3. The summed E-state index contributed by atoms with van der Waals surface area (Å²) in [4.78, 5) is 31.6. The fourth-order valence-electron chi connectivity index (χ4n) is 3.92. The van der Waals surface area contributed by atoms with Gasteiger partial charge in [0, 0.05) is 31.0 Å². The lowest BCUT2D eigenvalue weighted by Gasteiger charge is -2.32. The summed E-state index contributed by atoms with van der Waals surface area (Å²) in [5.41, 5.74) is 1.29. The molecule has 0 saturated carbocycles. The van der Waals surface area contributed by atoms with Crippen LogP contribution in [0.1, 0.15) is 40.5 Å². The van der Waals surface area contributed by atoms with Crippen molar-refractivity contribution in [2.24, 2.45) is 0 Å². The van der Waals surface area contributed by atoms with Gasteiger partial charge in [0.1, 0.15) is 17.4 Å². The summed E-state index contributed by atoms with van der Waals surface area (Å²) < 4.78 is 19.4. The number of aromatic nitrogens is 1. The number of ether oxygens (including phenoxy) is 1. The van der Waals surface area contributed by atoms with Gasteiger partial charge in [-0.3, -0.25) is 9.59 Å². The van der Waals surface area contributed by atoms with Crippen molar-refractivity contribution in [1.29, 1.82) is 0 Å². The molecule has 8 heteroatoms. The quantitative estimate of drug-likeness (QED) is 0.544. The van der Waals surface area contributed by atoms with E-state index < -0.39 is 5.82 Å². The van der Waals surface area contributed by atoms with Crippen LogP contribution in [0.2, 0.25) is 0 Å². The summed E-state index contributed by atoms with van der Waals surface area (Å²) in [6.07, 6.45) is 2.81. The predicted octanol–water partition coefficient (Wildman–Crippen LogP) is 4.40. The van der Waals surface area contributed by atoms with E-state index in [4.69, 9.17) is 4.74 Å². The molecule has 3 aromatic rings. The Bertz CT molecular complexity index is 1140. The second kappa shape index (κ2) is 10.8. The lowest BCUT2D eigenvalue weighted by molar-refractivity contribution is 0.0693. The zero-order chi connectivity index (χ0) is 23.9. The molecule has 0 aliphatic carbocycles. The second-order valence-corrected chi connectivity index (χ2v) is 8.00. The lowest BCUT2D eigenvalue weighted by Crippen LogP contribution is -2.46. The van der Waals surface area contributed by atoms with Gasteiger partial charge in [0.05, 0.1) is 17.7 Å². The Labute approximate surface area is 198 Å². The van der Waals surface area contributed by atoms with Gasteiger partial charge in [-0.2, -0.15) is 0 Å². The molecule has 0 unspecified atom stereocenters. The van der Waals surface area contributed by atoms with Crippen LogP contribution in [0.5, 0.6) is 5.75 Å². The van der Waals surface area contributed by atoms with Crippen molar-refractivity contribution >= 4 is 23.3 Å². The number of likely N-dealkylation sites (tertiary alicyclic amines) is 1. The number of pyridine rings is 1. The van der Waals surface area contributed by atoms with E-state index in [-0.39, 0.29) is 23.4 Å². The number of halogens is 1. The minimum absolute atomic E-state index is 0.0744. The van der Waals surface area contributed by atoms with Crippen molar-refractivity contribution in [3.8, 4) is 5.75 Å². The van der Waals surface area contributed by atoms with Gasteiger partial charge in [0.2, 0.25) is 0 Å². The minimum Gasteiger partial charge on any atom is -0.494 e. The van der Waals surface area contributed by atoms with Crippen LogP contribution in [0.3, 0.4) is 0 Å². The molecule has 7 nitrogen and oxygen atoms in total. The van der Waals surface area contributed by atoms with E-state index in [1.54, 1.807) is 35.4 Å². The average Bonchev–Trinajstić information content (AvgIpc) is 2.86. The molecule has 1 saturated heterocycles. The Hall–Kier alpha value is -3.94. The molecule has 1 aromatic heterocycles. The van der Waals surface area contributed by atoms with Crippen LogP contribution >= 0.6 is 0 Å². The number of nitrogens with zero attached hydrogens (tertiary/aromatic N) is 2. The molecule has 2 N–H and O–H groups in total. The number of carbonyl (C=O) groups excluding carboxylic acids is 2. The van der Waals surface area contributed by atoms with Crippen LogP contribution in [0.4, 0.5) is 15.9 Å². The van der Waals surface area contributed by atoms with E-state index in [1.807, 2.05) is 31.2 Å². The molecule has 1 aliphatic heterocycles. The highest BCUT2D eigenvalue weighted by molar-refractivity contribution is 5.99. The number of hydrogen-bond donors (Lipinski definition) is 2. The molecule has 0 atom stereocenters. The second-order valence-electron chi connectivity index (χ2n) is 8.00. The topological polar surface area (TPSA) is 83.6 Å². The molecular weight excluding hydrogens is 435 g/mol. The molecule has 176 valence electrons. The highest BCUT2D eigenvalue weighted by Gasteiger charge is 2.26. The van der Waals surface area contributed by atoms with Gasteiger partial charge in [-0.25, -0.2) is 9.37 Å². The van der Waals surface area contributed by atoms with Gasteiger partial charge < -0.3 is 20.3 Å². The predicted molar refractivity (Wildman–Crippen MR) is 128 cm³/mol.